The fourth-order valence-electron chi connectivity index (χ4n) is 4.45. The molecule has 1 aliphatic rings. The molecule has 158 valence electrons. The van der Waals surface area contributed by atoms with E-state index in [1.807, 2.05) is 78.9 Å². The topological polar surface area (TPSA) is 20.1 Å². The Morgan fingerprint density at radius 3 is 1.84 bits per heavy atom. The molecule has 3 heteroatoms. The number of aryl methyl sites for hydroxylation is 1. The van der Waals surface area contributed by atoms with E-state index in [1.54, 1.807) is 0 Å². The molecule has 0 saturated carbocycles. The molecule has 0 radical (unpaired) electrons. The second kappa shape index (κ2) is 8.74. The van der Waals surface area contributed by atoms with E-state index in [1.165, 1.54) is 11.1 Å². The van der Waals surface area contributed by atoms with Crippen molar-refractivity contribution in [2.24, 2.45) is 0 Å². The van der Waals surface area contributed by atoms with Crippen molar-refractivity contribution in [2.45, 2.75) is 19.0 Å². The molecule has 2 nitrogen and oxygen atoms in total. The molecule has 1 fully saturated rings. The molecule has 1 heterocycles. The first kappa shape index (κ1) is 20.7. The maximum Gasteiger partial charge on any atom is 0.208 e. The highest BCUT2D eigenvalue weighted by Gasteiger charge is 2.57. The maximum atomic E-state index is 15.0. The summed E-state index contributed by atoms with van der Waals surface area (Å²) in [5.41, 5.74) is 3.57. The molecule has 3 atom stereocenters. The highest BCUT2D eigenvalue weighted by molar-refractivity contribution is 7.76. The summed E-state index contributed by atoms with van der Waals surface area (Å²) < 4.78 is 17.2. The van der Waals surface area contributed by atoms with Gasteiger partial charge in [-0.1, -0.05) is 109 Å². The summed E-state index contributed by atoms with van der Waals surface area (Å²) in [7, 11) is -3.02. The van der Waals surface area contributed by atoms with Crippen LogP contribution in [-0.4, -0.2) is 10.7 Å². The molecule has 0 amide bonds. The van der Waals surface area contributed by atoms with Crippen LogP contribution in [0, 0.1) is 6.92 Å². The van der Waals surface area contributed by atoms with Crippen LogP contribution in [0.25, 0.3) is 6.08 Å². The van der Waals surface area contributed by atoms with Crippen LogP contribution in [0.3, 0.4) is 0 Å². The van der Waals surface area contributed by atoms with Crippen molar-refractivity contribution in [3.8, 4) is 0 Å². The first-order valence-electron chi connectivity index (χ1n) is 11.0. The molecule has 0 N–H and O–H groups in total. The lowest BCUT2D eigenvalue weighted by molar-refractivity contribution is 0.557. The molecular weight excluding hydrogens is 409 g/mol. The monoisotopic (exact) mass is 435 g/mol. The molecule has 32 heavy (non-hydrogen) atoms. The summed E-state index contributed by atoms with van der Waals surface area (Å²) in [4.78, 5) is 0. The predicted molar refractivity (Wildman–Crippen MR) is 135 cm³/mol. The standard InChI is InChI=1S/C29H26NOP/c1-23-12-11-15-25(22-23)29-28(21-20-24-13-5-2-6-14-24)30(29)32(31,26-16-7-3-8-17-26)27-18-9-4-10-19-27/h2-22,28-29H,1H3/b21-20+/t28-,29-,30?/m1/s1. The lowest BCUT2D eigenvalue weighted by Gasteiger charge is -2.22. The molecule has 4 aromatic carbocycles. The lowest BCUT2D eigenvalue weighted by Crippen LogP contribution is -2.22. The van der Waals surface area contributed by atoms with Crippen LogP contribution in [-0.2, 0) is 4.57 Å². The molecule has 4 aromatic rings. The van der Waals surface area contributed by atoms with Gasteiger partial charge in [0, 0.05) is 10.6 Å². The van der Waals surface area contributed by atoms with Crippen molar-refractivity contribution >= 4 is 24.0 Å². The molecule has 1 unspecified atom stereocenters. The predicted octanol–water partition coefficient (Wildman–Crippen LogP) is 6.36. The third kappa shape index (κ3) is 3.88. The Hall–Kier alpha value is -3.19. The van der Waals surface area contributed by atoms with Gasteiger partial charge in [-0.2, -0.15) is 0 Å². The van der Waals surface area contributed by atoms with Crippen molar-refractivity contribution in [1.29, 1.82) is 0 Å². The lowest BCUT2D eigenvalue weighted by atomic mass is 10.1. The SMILES string of the molecule is Cc1cccc([C@@H]2[C@@H](/C=C/c3ccccc3)N2P(=O)(c2ccccc2)c2ccccc2)c1. The molecule has 0 bridgehead atoms. The molecule has 0 aliphatic carbocycles. The Labute approximate surface area is 190 Å². The summed E-state index contributed by atoms with van der Waals surface area (Å²) in [6, 6.07) is 38.9. The average molecular weight is 436 g/mol. The van der Waals surface area contributed by atoms with Gasteiger partial charge < -0.3 is 0 Å². The van der Waals surface area contributed by atoms with Crippen LogP contribution in [0.15, 0.2) is 121 Å². The van der Waals surface area contributed by atoms with Crippen LogP contribution >= 0.6 is 7.29 Å². The van der Waals surface area contributed by atoms with Gasteiger partial charge >= 0.3 is 0 Å². The molecule has 1 aliphatic heterocycles. The quantitative estimate of drug-likeness (QED) is 0.259. The zero-order valence-electron chi connectivity index (χ0n) is 18.1. The van der Waals surface area contributed by atoms with Crippen LogP contribution < -0.4 is 10.6 Å². The summed E-state index contributed by atoms with van der Waals surface area (Å²) in [5, 5.41) is 1.75. The van der Waals surface area contributed by atoms with Crippen LogP contribution in [0.4, 0.5) is 0 Å². The third-order valence-electron chi connectivity index (χ3n) is 6.03. The van der Waals surface area contributed by atoms with E-state index in [0.29, 0.717) is 0 Å². The smallest absolute Gasteiger partial charge is 0.208 e. The summed E-state index contributed by atoms with van der Waals surface area (Å²) in [5.74, 6) is 0. The Bertz CT molecular complexity index is 1220. The van der Waals surface area contributed by atoms with E-state index in [-0.39, 0.29) is 12.1 Å². The highest BCUT2D eigenvalue weighted by Crippen LogP contribution is 2.64. The first-order valence-corrected chi connectivity index (χ1v) is 12.6. The second-order valence-electron chi connectivity index (χ2n) is 8.25. The number of hydrogen-bond donors (Lipinski definition) is 0. The third-order valence-corrected chi connectivity index (χ3v) is 9.19. The Morgan fingerprint density at radius 1 is 0.719 bits per heavy atom. The van der Waals surface area contributed by atoms with Crippen LogP contribution in [0.2, 0.25) is 0 Å². The summed E-state index contributed by atoms with van der Waals surface area (Å²) >= 11 is 0. The van der Waals surface area contributed by atoms with Gasteiger partial charge in [0.2, 0.25) is 7.29 Å². The molecule has 1 saturated heterocycles. The minimum atomic E-state index is -3.02. The Kier molecular flexibility index (Phi) is 5.66. The van der Waals surface area contributed by atoms with E-state index in [4.69, 9.17) is 0 Å². The van der Waals surface area contributed by atoms with Gasteiger partial charge in [0.15, 0.2) is 0 Å². The first-order chi connectivity index (χ1) is 15.7. The van der Waals surface area contributed by atoms with E-state index in [2.05, 4.69) is 60.1 Å². The van der Waals surface area contributed by atoms with Gasteiger partial charge in [-0.05, 0) is 42.3 Å². The number of hydrogen-bond acceptors (Lipinski definition) is 1. The average Bonchev–Trinajstić information content (AvgIpc) is 3.59. The zero-order chi connectivity index (χ0) is 22.0. The van der Waals surface area contributed by atoms with Gasteiger partial charge in [-0.15, -0.1) is 0 Å². The normalized spacial score (nSPS) is 20.3. The zero-order valence-corrected chi connectivity index (χ0v) is 19.0. The Morgan fingerprint density at radius 2 is 1.28 bits per heavy atom. The molecule has 0 aromatic heterocycles. The second-order valence-corrected chi connectivity index (χ2v) is 10.9. The maximum absolute atomic E-state index is 15.0. The largest absolute Gasteiger partial charge is 0.296 e. The minimum Gasteiger partial charge on any atom is -0.296 e. The van der Waals surface area contributed by atoms with Crippen molar-refractivity contribution in [3.63, 3.8) is 0 Å². The summed E-state index contributed by atoms with van der Waals surface area (Å²) in [6.07, 6.45) is 4.36. The molecular formula is C29H26NOP. The fraction of sp³-hybridized carbons (Fsp3) is 0.103. The molecule has 5 rings (SSSR count). The van der Waals surface area contributed by atoms with E-state index in [0.717, 1.165) is 16.2 Å². The van der Waals surface area contributed by atoms with Crippen molar-refractivity contribution in [3.05, 3.63) is 138 Å². The number of rotatable bonds is 6. The highest BCUT2D eigenvalue weighted by atomic mass is 31.2. The van der Waals surface area contributed by atoms with Gasteiger partial charge in [0.1, 0.15) is 0 Å². The summed E-state index contributed by atoms with van der Waals surface area (Å²) in [6.45, 7) is 2.11. The van der Waals surface area contributed by atoms with E-state index >= 15 is 0 Å². The minimum absolute atomic E-state index is 0.0586. The van der Waals surface area contributed by atoms with Gasteiger partial charge in [-0.25, -0.2) is 4.67 Å². The van der Waals surface area contributed by atoms with Crippen LogP contribution in [0.5, 0.6) is 0 Å². The van der Waals surface area contributed by atoms with Gasteiger partial charge in [0.05, 0.1) is 12.1 Å². The van der Waals surface area contributed by atoms with Crippen molar-refractivity contribution in [2.75, 3.05) is 0 Å². The van der Waals surface area contributed by atoms with E-state index < -0.39 is 7.29 Å². The van der Waals surface area contributed by atoms with Crippen molar-refractivity contribution < 1.29 is 4.57 Å². The van der Waals surface area contributed by atoms with Crippen LogP contribution in [0.1, 0.15) is 22.7 Å². The van der Waals surface area contributed by atoms with Gasteiger partial charge in [-0.3, -0.25) is 4.57 Å². The van der Waals surface area contributed by atoms with E-state index in [9.17, 15) is 4.57 Å². The molecule has 0 spiro atoms. The number of benzene rings is 4. The fourth-order valence-corrected chi connectivity index (χ4v) is 7.57. The van der Waals surface area contributed by atoms with Gasteiger partial charge in [0.25, 0.3) is 0 Å². The Balaban J connectivity index is 1.62. The number of nitrogens with zero attached hydrogens (tertiary/aromatic N) is 1. The van der Waals surface area contributed by atoms with Crippen molar-refractivity contribution in [1.82, 2.24) is 4.67 Å².